The van der Waals surface area contributed by atoms with Gasteiger partial charge in [-0.2, -0.15) is 0 Å². The molecule has 1 aromatic heterocycles. The van der Waals surface area contributed by atoms with E-state index < -0.39 is 0 Å². The Morgan fingerprint density at radius 2 is 1.91 bits per heavy atom. The van der Waals surface area contributed by atoms with Crippen molar-refractivity contribution in [1.29, 1.82) is 0 Å². The van der Waals surface area contributed by atoms with Crippen molar-refractivity contribution in [2.75, 3.05) is 13.1 Å². The average molecular weight is 387 g/mol. The molecule has 118 valence electrons. The number of fused-ring (bicyclic) bond motifs is 2. The molecule has 1 aliphatic rings. The van der Waals surface area contributed by atoms with Crippen LogP contribution in [0.3, 0.4) is 0 Å². The molecule has 0 spiro atoms. The first-order valence-electron chi connectivity index (χ1n) is 8.05. The second-order valence-corrected chi connectivity index (χ2v) is 8.01. The smallest absolute Gasteiger partial charge is 0.0815 e. The van der Waals surface area contributed by atoms with Crippen LogP contribution in [-0.2, 0) is 12.8 Å². The predicted molar refractivity (Wildman–Crippen MR) is 101 cm³/mol. The zero-order chi connectivity index (χ0) is 15.8. The van der Waals surface area contributed by atoms with Gasteiger partial charge < -0.3 is 0 Å². The number of aromatic nitrogens is 1. The van der Waals surface area contributed by atoms with E-state index in [1.807, 2.05) is 5.51 Å². The van der Waals surface area contributed by atoms with Gasteiger partial charge >= 0.3 is 0 Å². The van der Waals surface area contributed by atoms with Gasteiger partial charge in [0.2, 0.25) is 0 Å². The first-order valence-corrected chi connectivity index (χ1v) is 9.72. The lowest BCUT2D eigenvalue weighted by Crippen LogP contribution is -2.29. The summed E-state index contributed by atoms with van der Waals surface area (Å²) in [7, 11) is 0. The summed E-state index contributed by atoms with van der Waals surface area (Å²) >= 11 is 5.31. The SMILES string of the molecule is C[C@H](c1ccc2scnc2c1)N1CCc2ccc(Br)cc2CC1. The fourth-order valence-corrected chi connectivity index (χ4v) is 4.51. The highest BCUT2D eigenvalue weighted by molar-refractivity contribution is 9.10. The minimum atomic E-state index is 0.429. The van der Waals surface area contributed by atoms with Crippen LogP contribution in [0.1, 0.15) is 29.7 Å². The van der Waals surface area contributed by atoms with E-state index in [1.165, 1.54) is 25.9 Å². The second kappa shape index (κ2) is 6.34. The number of nitrogens with zero attached hydrogens (tertiary/aromatic N) is 2. The highest BCUT2D eigenvalue weighted by atomic mass is 79.9. The molecule has 0 bridgehead atoms. The van der Waals surface area contributed by atoms with Gasteiger partial charge in [0.15, 0.2) is 0 Å². The summed E-state index contributed by atoms with van der Waals surface area (Å²) < 4.78 is 2.46. The van der Waals surface area contributed by atoms with Crippen molar-refractivity contribution in [2.24, 2.45) is 0 Å². The summed E-state index contributed by atoms with van der Waals surface area (Å²) in [6.07, 6.45) is 2.25. The fraction of sp³-hybridized carbons (Fsp3) is 0.316. The number of halogens is 1. The molecule has 0 fully saturated rings. The van der Waals surface area contributed by atoms with Crippen molar-refractivity contribution in [3.63, 3.8) is 0 Å². The van der Waals surface area contributed by atoms with E-state index in [0.29, 0.717) is 6.04 Å². The zero-order valence-corrected chi connectivity index (χ0v) is 15.5. The maximum Gasteiger partial charge on any atom is 0.0815 e. The summed E-state index contributed by atoms with van der Waals surface area (Å²) in [4.78, 5) is 7.06. The quantitative estimate of drug-likeness (QED) is 0.599. The third-order valence-electron chi connectivity index (χ3n) is 4.89. The first kappa shape index (κ1) is 15.3. The minimum absolute atomic E-state index is 0.429. The number of benzene rings is 2. The Bertz CT molecular complexity index is 842. The van der Waals surface area contributed by atoms with Crippen LogP contribution in [0, 0.1) is 0 Å². The van der Waals surface area contributed by atoms with E-state index in [2.05, 4.69) is 69.1 Å². The highest BCUT2D eigenvalue weighted by Gasteiger charge is 2.20. The van der Waals surface area contributed by atoms with Gasteiger partial charge in [-0.1, -0.05) is 28.1 Å². The number of rotatable bonds is 2. The van der Waals surface area contributed by atoms with Crippen LogP contribution in [0.5, 0.6) is 0 Å². The molecule has 4 rings (SSSR count). The van der Waals surface area contributed by atoms with Crippen molar-refractivity contribution in [1.82, 2.24) is 9.88 Å². The van der Waals surface area contributed by atoms with E-state index in [0.717, 1.165) is 31.4 Å². The van der Waals surface area contributed by atoms with Crippen molar-refractivity contribution in [2.45, 2.75) is 25.8 Å². The van der Waals surface area contributed by atoms with Gasteiger partial charge in [0.25, 0.3) is 0 Å². The van der Waals surface area contributed by atoms with Crippen LogP contribution in [-0.4, -0.2) is 23.0 Å². The molecule has 2 aromatic carbocycles. The lowest BCUT2D eigenvalue weighted by atomic mass is 10.0. The molecule has 3 aromatic rings. The van der Waals surface area contributed by atoms with E-state index in [9.17, 15) is 0 Å². The number of thiazole rings is 1. The monoisotopic (exact) mass is 386 g/mol. The summed E-state index contributed by atoms with van der Waals surface area (Å²) in [6.45, 7) is 4.55. The molecule has 1 atom stereocenters. The van der Waals surface area contributed by atoms with Crippen LogP contribution in [0.25, 0.3) is 10.2 Å². The predicted octanol–water partition coefficient (Wildman–Crippen LogP) is 5.22. The molecule has 4 heteroatoms. The van der Waals surface area contributed by atoms with Gasteiger partial charge in [-0.15, -0.1) is 11.3 Å². The van der Waals surface area contributed by atoms with Gasteiger partial charge in [0, 0.05) is 23.6 Å². The third kappa shape index (κ3) is 3.08. The Labute approximate surface area is 149 Å². The van der Waals surface area contributed by atoms with Gasteiger partial charge in [0.1, 0.15) is 0 Å². The van der Waals surface area contributed by atoms with Crippen molar-refractivity contribution >= 4 is 37.5 Å². The van der Waals surface area contributed by atoms with Crippen LogP contribution >= 0.6 is 27.3 Å². The molecular formula is C19H19BrN2S. The molecule has 0 amide bonds. The van der Waals surface area contributed by atoms with Gasteiger partial charge in [-0.25, -0.2) is 4.98 Å². The largest absolute Gasteiger partial charge is 0.296 e. The number of hydrogen-bond acceptors (Lipinski definition) is 3. The van der Waals surface area contributed by atoms with Crippen LogP contribution in [0.15, 0.2) is 46.4 Å². The Kier molecular flexibility index (Phi) is 4.22. The van der Waals surface area contributed by atoms with Crippen molar-refractivity contribution in [3.05, 3.63) is 63.1 Å². The molecule has 2 nitrogen and oxygen atoms in total. The molecular weight excluding hydrogens is 368 g/mol. The minimum Gasteiger partial charge on any atom is -0.296 e. The second-order valence-electron chi connectivity index (χ2n) is 6.20. The van der Waals surface area contributed by atoms with Crippen molar-refractivity contribution < 1.29 is 0 Å². The Morgan fingerprint density at radius 3 is 2.78 bits per heavy atom. The van der Waals surface area contributed by atoms with Crippen LogP contribution < -0.4 is 0 Å². The summed E-state index contributed by atoms with van der Waals surface area (Å²) in [5, 5.41) is 0. The molecule has 0 saturated carbocycles. The lowest BCUT2D eigenvalue weighted by molar-refractivity contribution is 0.221. The van der Waals surface area contributed by atoms with Crippen molar-refractivity contribution in [3.8, 4) is 0 Å². The molecule has 2 heterocycles. The highest BCUT2D eigenvalue weighted by Crippen LogP contribution is 2.28. The van der Waals surface area contributed by atoms with E-state index in [1.54, 1.807) is 11.3 Å². The van der Waals surface area contributed by atoms with Gasteiger partial charge in [-0.3, -0.25) is 4.90 Å². The fourth-order valence-electron chi connectivity index (χ4n) is 3.44. The molecule has 1 aliphatic heterocycles. The third-order valence-corrected chi connectivity index (χ3v) is 6.19. The van der Waals surface area contributed by atoms with E-state index in [-0.39, 0.29) is 0 Å². The van der Waals surface area contributed by atoms with E-state index >= 15 is 0 Å². The lowest BCUT2D eigenvalue weighted by Gasteiger charge is -2.28. The molecule has 0 saturated heterocycles. The number of hydrogen-bond donors (Lipinski definition) is 0. The van der Waals surface area contributed by atoms with Gasteiger partial charge in [0.05, 0.1) is 15.7 Å². The zero-order valence-electron chi connectivity index (χ0n) is 13.1. The molecule has 23 heavy (non-hydrogen) atoms. The van der Waals surface area contributed by atoms with Crippen LogP contribution in [0.2, 0.25) is 0 Å². The molecule has 0 unspecified atom stereocenters. The molecule has 0 radical (unpaired) electrons. The maximum atomic E-state index is 4.46. The maximum absolute atomic E-state index is 4.46. The molecule has 0 N–H and O–H groups in total. The Hall–Kier alpha value is -1.23. The normalized spacial score (nSPS) is 17.0. The molecule has 0 aliphatic carbocycles. The Morgan fingerprint density at radius 1 is 1.09 bits per heavy atom. The van der Waals surface area contributed by atoms with Crippen LogP contribution in [0.4, 0.5) is 0 Å². The topological polar surface area (TPSA) is 16.1 Å². The van der Waals surface area contributed by atoms with E-state index in [4.69, 9.17) is 0 Å². The average Bonchev–Trinajstić information content (AvgIpc) is 2.93. The summed E-state index contributed by atoms with van der Waals surface area (Å²) in [5.41, 5.74) is 7.42. The Balaban J connectivity index is 1.56. The summed E-state index contributed by atoms with van der Waals surface area (Å²) in [6, 6.07) is 13.9. The van der Waals surface area contributed by atoms with Gasteiger partial charge in [-0.05, 0) is 60.7 Å². The first-order chi connectivity index (χ1) is 11.2. The standard InChI is InChI=1S/C19H19BrN2S/c1-13(15-3-5-19-18(11-15)21-12-23-19)22-8-6-14-2-4-17(20)10-16(14)7-9-22/h2-5,10-13H,6-9H2,1H3/t13-/m1/s1. The summed E-state index contributed by atoms with van der Waals surface area (Å²) in [5.74, 6) is 0.